The highest BCUT2D eigenvalue weighted by Gasteiger charge is 2.50. The summed E-state index contributed by atoms with van der Waals surface area (Å²) in [5, 5.41) is 0. The molecular weight excluding hydrogens is 215 g/mol. The lowest BCUT2D eigenvalue weighted by Gasteiger charge is -2.10. The van der Waals surface area contributed by atoms with Gasteiger partial charge in [-0.05, 0) is 0 Å². The van der Waals surface area contributed by atoms with Crippen molar-refractivity contribution < 1.29 is 18.0 Å². The third kappa shape index (κ3) is 2.94. The van der Waals surface area contributed by atoms with Crippen LogP contribution in [0.1, 0.15) is 0 Å². The summed E-state index contributed by atoms with van der Waals surface area (Å²) in [4.78, 5) is 9.97. The number of rotatable bonds is 0. The Balaban J connectivity index is 4.40. The molecule has 0 amide bonds. The monoisotopic (exact) mass is 214 g/mol. The summed E-state index contributed by atoms with van der Waals surface area (Å²) in [7, 11) is 0. The molecule has 0 aromatic rings. The Morgan fingerprint density at radius 1 is 1.10 bits per heavy atom. The molecule has 0 rings (SSSR count). The fraction of sp³-hybridized carbons (Fsp3) is 0.667. The van der Waals surface area contributed by atoms with Gasteiger partial charge in [0.05, 0.1) is 0 Å². The molecule has 0 radical (unpaired) electrons. The Hall–Kier alpha value is 0.330. The van der Waals surface area contributed by atoms with Gasteiger partial charge in [0.15, 0.2) is 0 Å². The summed E-state index contributed by atoms with van der Waals surface area (Å²) in [5.41, 5.74) is 0. The SMILES string of the molecule is O=C(C(F)(F)F)C(Cl)(Cl)Cl. The van der Waals surface area contributed by atoms with Gasteiger partial charge in [0.1, 0.15) is 0 Å². The average Bonchev–Trinajstić information content (AvgIpc) is 1.59. The van der Waals surface area contributed by atoms with Crippen molar-refractivity contribution in [2.75, 3.05) is 0 Å². The van der Waals surface area contributed by atoms with E-state index < -0.39 is 15.8 Å². The second-order valence-electron chi connectivity index (χ2n) is 1.32. The molecule has 0 saturated heterocycles. The van der Waals surface area contributed by atoms with E-state index in [1.165, 1.54) is 0 Å². The van der Waals surface area contributed by atoms with Gasteiger partial charge in [0.25, 0.3) is 9.58 Å². The molecule has 0 bridgehead atoms. The number of ketones is 1. The van der Waals surface area contributed by atoms with Gasteiger partial charge in [-0.2, -0.15) is 13.2 Å². The topological polar surface area (TPSA) is 17.1 Å². The highest BCUT2D eigenvalue weighted by Crippen LogP contribution is 2.34. The van der Waals surface area contributed by atoms with Crippen LogP contribution in [-0.2, 0) is 4.79 Å². The van der Waals surface area contributed by atoms with E-state index in [4.69, 9.17) is 0 Å². The smallest absolute Gasteiger partial charge is 0.285 e. The van der Waals surface area contributed by atoms with E-state index in [2.05, 4.69) is 34.8 Å². The second kappa shape index (κ2) is 2.75. The third-order valence-electron chi connectivity index (χ3n) is 0.515. The average molecular weight is 215 g/mol. The van der Waals surface area contributed by atoms with Gasteiger partial charge in [-0.25, -0.2) is 0 Å². The maximum Gasteiger partial charge on any atom is 0.454 e. The molecule has 60 valence electrons. The van der Waals surface area contributed by atoms with Crippen molar-refractivity contribution >= 4 is 40.6 Å². The van der Waals surface area contributed by atoms with Crippen LogP contribution in [0.15, 0.2) is 0 Å². The van der Waals surface area contributed by atoms with Crippen LogP contribution in [0.3, 0.4) is 0 Å². The standard InChI is InChI=1S/C3Cl3F3O/c4-2(5,6)1(10)3(7,8)9. The van der Waals surface area contributed by atoms with Crippen LogP contribution in [0.2, 0.25) is 0 Å². The first-order valence-corrected chi connectivity index (χ1v) is 2.97. The van der Waals surface area contributed by atoms with E-state index in [1.807, 2.05) is 0 Å². The highest BCUT2D eigenvalue weighted by molar-refractivity contribution is 6.76. The van der Waals surface area contributed by atoms with Crippen LogP contribution in [0.4, 0.5) is 13.2 Å². The Bertz CT molecular complexity index is 130. The zero-order chi connectivity index (χ0) is 8.58. The van der Waals surface area contributed by atoms with Crippen molar-refractivity contribution in [3.63, 3.8) is 0 Å². The molecular formula is C3Cl3F3O. The van der Waals surface area contributed by atoms with Crippen LogP contribution in [0, 0.1) is 0 Å². The third-order valence-corrected chi connectivity index (χ3v) is 1.03. The summed E-state index contributed by atoms with van der Waals surface area (Å²) in [5.74, 6) is -2.38. The Morgan fingerprint density at radius 2 is 1.40 bits per heavy atom. The molecule has 0 aromatic heterocycles. The molecule has 0 aliphatic carbocycles. The number of hydrogen-bond donors (Lipinski definition) is 0. The Kier molecular flexibility index (Phi) is 2.85. The number of Topliss-reactive ketones (excluding diaryl/α,β-unsaturated/α-hetero) is 1. The van der Waals surface area contributed by atoms with Crippen LogP contribution in [-0.4, -0.2) is 15.8 Å². The summed E-state index contributed by atoms with van der Waals surface area (Å²) in [6, 6.07) is 0. The van der Waals surface area contributed by atoms with Crippen molar-refractivity contribution in [3.8, 4) is 0 Å². The number of halogens is 6. The molecule has 0 aliphatic rings. The lowest BCUT2D eigenvalue weighted by atomic mass is 10.4. The molecule has 0 N–H and O–H groups in total. The van der Waals surface area contributed by atoms with Crippen LogP contribution < -0.4 is 0 Å². The molecule has 0 aromatic carbocycles. The predicted octanol–water partition coefficient (Wildman–Crippen LogP) is 2.49. The molecule has 0 aliphatic heterocycles. The van der Waals surface area contributed by atoms with Gasteiger partial charge < -0.3 is 0 Å². The summed E-state index contributed by atoms with van der Waals surface area (Å²) >= 11 is 13.9. The first-order chi connectivity index (χ1) is 4.15. The maximum atomic E-state index is 11.3. The fourth-order valence-corrected chi connectivity index (χ4v) is 0.482. The highest BCUT2D eigenvalue weighted by atomic mass is 35.6. The van der Waals surface area contributed by atoms with Crippen molar-refractivity contribution in [2.45, 2.75) is 9.97 Å². The molecule has 0 spiro atoms. The normalized spacial score (nSPS) is 13.4. The number of carbonyl (C=O) groups is 1. The van der Waals surface area contributed by atoms with E-state index in [9.17, 15) is 18.0 Å². The van der Waals surface area contributed by atoms with Crippen LogP contribution >= 0.6 is 34.8 Å². The minimum atomic E-state index is -5.09. The van der Waals surface area contributed by atoms with Gasteiger partial charge in [0.2, 0.25) is 0 Å². The second-order valence-corrected chi connectivity index (χ2v) is 3.61. The zero-order valence-corrected chi connectivity index (χ0v) is 6.44. The molecule has 0 saturated carbocycles. The van der Waals surface area contributed by atoms with Gasteiger partial charge in [-0.15, -0.1) is 0 Å². The van der Waals surface area contributed by atoms with E-state index in [0.29, 0.717) is 0 Å². The Labute approximate surface area is 69.0 Å². The summed E-state index contributed by atoms with van der Waals surface area (Å²) in [6.45, 7) is 0. The lowest BCUT2D eigenvalue weighted by Crippen LogP contribution is -2.34. The van der Waals surface area contributed by atoms with Crippen LogP contribution in [0.25, 0.3) is 0 Å². The number of alkyl halides is 6. The van der Waals surface area contributed by atoms with Gasteiger partial charge in [-0.1, -0.05) is 34.8 Å². The first kappa shape index (κ1) is 10.3. The van der Waals surface area contributed by atoms with E-state index in [1.54, 1.807) is 0 Å². The maximum absolute atomic E-state index is 11.3. The number of hydrogen-bond acceptors (Lipinski definition) is 1. The quantitative estimate of drug-likeness (QED) is 0.567. The van der Waals surface area contributed by atoms with Crippen LogP contribution in [0.5, 0.6) is 0 Å². The molecule has 10 heavy (non-hydrogen) atoms. The fourth-order valence-electron chi connectivity index (χ4n) is 0.161. The predicted molar refractivity (Wildman–Crippen MR) is 31.4 cm³/mol. The van der Waals surface area contributed by atoms with Crippen molar-refractivity contribution in [1.82, 2.24) is 0 Å². The molecule has 0 unspecified atom stereocenters. The minimum absolute atomic E-state index is 2.38. The molecule has 0 fully saturated rings. The van der Waals surface area contributed by atoms with Crippen molar-refractivity contribution in [2.24, 2.45) is 0 Å². The summed E-state index contributed by atoms with van der Waals surface area (Å²) < 4.78 is 31.1. The first-order valence-electron chi connectivity index (χ1n) is 1.84. The van der Waals surface area contributed by atoms with Gasteiger partial charge >= 0.3 is 6.18 Å². The molecule has 0 heterocycles. The summed E-state index contributed by atoms with van der Waals surface area (Å²) in [6.07, 6.45) is -5.09. The molecule has 0 atom stereocenters. The van der Waals surface area contributed by atoms with Gasteiger partial charge in [-0.3, -0.25) is 4.79 Å². The number of carbonyl (C=O) groups excluding carboxylic acids is 1. The largest absolute Gasteiger partial charge is 0.454 e. The van der Waals surface area contributed by atoms with Crippen molar-refractivity contribution in [1.29, 1.82) is 0 Å². The lowest BCUT2D eigenvalue weighted by molar-refractivity contribution is -0.169. The zero-order valence-electron chi connectivity index (χ0n) is 4.18. The van der Waals surface area contributed by atoms with E-state index in [0.717, 1.165) is 0 Å². The van der Waals surface area contributed by atoms with Gasteiger partial charge in [0, 0.05) is 0 Å². The van der Waals surface area contributed by atoms with E-state index in [-0.39, 0.29) is 0 Å². The molecule has 7 heteroatoms. The van der Waals surface area contributed by atoms with E-state index >= 15 is 0 Å². The van der Waals surface area contributed by atoms with Crippen molar-refractivity contribution in [3.05, 3.63) is 0 Å². The molecule has 1 nitrogen and oxygen atoms in total. The minimum Gasteiger partial charge on any atom is -0.285 e. The Morgan fingerprint density at radius 3 is 1.40 bits per heavy atom.